The third-order valence-electron chi connectivity index (χ3n) is 4.60. The lowest BCUT2D eigenvalue weighted by Crippen LogP contribution is -2.19. The van der Waals surface area contributed by atoms with Crippen molar-refractivity contribution in [2.24, 2.45) is 0 Å². The van der Waals surface area contributed by atoms with E-state index in [1.807, 2.05) is 36.4 Å². The predicted octanol–water partition coefficient (Wildman–Crippen LogP) is 8.47. The van der Waals surface area contributed by atoms with Gasteiger partial charge in [0, 0.05) is 21.2 Å². The van der Waals surface area contributed by atoms with Crippen molar-refractivity contribution in [3.05, 3.63) is 95.5 Å². The zero-order valence-electron chi connectivity index (χ0n) is 16.4. The maximum absolute atomic E-state index is 13.0. The van der Waals surface area contributed by atoms with E-state index in [4.69, 9.17) is 23.8 Å². The molecule has 0 fully saturated rings. The van der Waals surface area contributed by atoms with Crippen molar-refractivity contribution < 1.29 is 13.2 Å². The summed E-state index contributed by atoms with van der Waals surface area (Å²) in [6, 6.07) is 25.7. The van der Waals surface area contributed by atoms with Gasteiger partial charge in [0.05, 0.1) is 10.6 Å². The van der Waals surface area contributed by atoms with Crippen LogP contribution in [0.4, 0.5) is 24.5 Å². The Morgan fingerprint density at radius 3 is 2.09 bits per heavy atom. The molecule has 4 aromatic carbocycles. The number of rotatable bonds is 4. The van der Waals surface area contributed by atoms with Crippen molar-refractivity contribution in [2.75, 3.05) is 10.6 Å². The van der Waals surface area contributed by atoms with E-state index in [1.54, 1.807) is 11.8 Å². The molecule has 32 heavy (non-hydrogen) atoms. The van der Waals surface area contributed by atoms with E-state index in [-0.39, 0.29) is 15.8 Å². The molecule has 0 aromatic heterocycles. The SMILES string of the molecule is FC(F)(F)c1cc(NC(=S)Nc2ccc(Sc3ccc4ccccc4c3)cc2)ccc1Cl. The van der Waals surface area contributed by atoms with Crippen LogP contribution in [0, 0.1) is 0 Å². The highest BCUT2D eigenvalue weighted by molar-refractivity contribution is 7.99. The molecule has 0 spiro atoms. The second-order valence-corrected chi connectivity index (χ2v) is 8.87. The molecule has 0 radical (unpaired) electrons. The van der Waals surface area contributed by atoms with Crippen LogP contribution in [0.3, 0.4) is 0 Å². The van der Waals surface area contributed by atoms with Crippen LogP contribution >= 0.6 is 35.6 Å². The van der Waals surface area contributed by atoms with Crippen molar-refractivity contribution in [1.29, 1.82) is 0 Å². The smallest absolute Gasteiger partial charge is 0.332 e. The van der Waals surface area contributed by atoms with E-state index in [9.17, 15) is 13.2 Å². The number of benzene rings is 4. The Labute approximate surface area is 197 Å². The van der Waals surface area contributed by atoms with E-state index in [0.717, 1.165) is 21.5 Å². The molecule has 0 heterocycles. The summed E-state index contributed by atoms with van der Waals surface area (Å²) in [5.41, 5.74) is 0.000101. The second-order valence-electron chi connectivity index (χ2n) is 6.91. The molecular weight excluding hydrogens is 473 g/mol. The molecule has 0 aliphatic heterocycles. The van der Waals surface area contributed by atoms with Crippen LogP contribution in [0.25, 0.3) is 10.8 Å². The van der Waals surface area contributed by atoms with Crippen molar-refractivity contribution >= 4 is 62.8 Å². The van der Waals surface area contributed by atoms with Crippen molar-refractivity contribution in [1.82, 2.24) is 0 Å². The highest BCUT2D eigenvalue weighted by Crippen LogP contribution is 2.36. The first kappa shape index (κ1) is 22.5. The van der Waals surface area contributed by atoms with E-state index >= 15 is 0 Å². The number of nitrogens with one attached hydrogen (secondary N) is 2. The minimum absolute atomic E-state index is 0.176. The molecular formula is C24H16ClF3N2S2. The molecule has 0 amide bonds. The summed E-state index contributed by atoms with van der Waals surface area (Å²) in [5.74, 6) is 0. The summed E-state index contributed by atoms with van der Waals surface area (Å²) in [6.07, 6.45) is -4.54. The maximum Gasteiger partial charge on any atom is 0.417 e. The molecule has 0 aliphatic rings. The molecule has 0 saturated carbocycles. The fraction of sp³-hybridized carbons (Fsp3) is 0.0417. The lowest BCUT2D eigenvalue weighted by molar-refractivity contribution is -0.137. The van der Waals surface area contributed by atoms with Crippen LogP contribution in [0.15, 0.2) is 94.7 Å². The summed E-state index contributed by atoms with van der Waals surface area (Å²) < 4.78 is 39.1. The van der Waals surface area contributed by atoms with E-state index in [0.29, 0.717) is 0 Å². The van der Waals surface area contributed by atoms with Crippen LogP contribution in [-0.2, 0) is 6.18 Å². The van der Waals surface area contributed by atoms with Crippen molar-refractivity contribution in [2.45, 2.75) is 16.0 Å². The Hall–Kier alpha value is -2.74. The quantitative estimate of drug-likeness (QED) is 0.281. The first-order valence-corrected chi connectivity index (χ1v) is 11.1. The molecule has 0 saturated heterocycles. The fourth-order valence-electron chi connectivity index (χ4n) is 3.09. The van der Waals surface area contributed by atoms with Crippen molar-refractivity contribution in [3.63, 3.8) is 0 Å². The third kappa shape index (κ3) is 5.54. The highest BCUT2D eigenvalue weighted by atomic mass is 35.5. The van der Waals surface area contributed by atoms with Crippen LogP contribution in [-0.4, -0.2) is 5.11 Å². The zero-order valence-corrected chi connectivity index (χ0v) is 18.8. The zero-order chi connectivity index (χ0) is 22.7. The summed E-state index contributed by atoms with van der Waals surface area (Å²) >= 11 is 12.5. The van der Waals surface area contributed by atoms with Gasteiger partial charge in [-0.05, 0) is 77.6 Å². The second kappa shape index (κ2) is 9.40. The summed E-state index contributed by atoms with van der Waals surface area (Å²) in [7, 11) is 0. The normalized spacial score (nSPS) is 11.4. The lowest BCUT2D eigenvalue weighted by Gasteiger charge is -2.14. The minimum Gasteiger partial charge on any atom is -0.332 e. The Morgan fingerprint density at radius 2 is 1.38 bits per heavy atom. The fourth-order valence-corrected chi connectivity index (χ4v) is 4.41. The minimum atomic E-state index is -4.54. The molecule has 4 rings (SSSR count). The molecule has 2 N–H and O–H groups in total. The van der Waals surface area contributed by atoms with Gasteiger partial charge in [-0.2, -0.15) is 13.2 Å². The first-order valence-electron chi connectivity index (χ1n) is 9.49. The maximum atomic E-state index is 13.0. The van der Waals surface area contributed by atoms with Crippen LogP contribution < -0.4 is 10.6 Å². The first-order chi connectivity index (χ1) is 15.3. The largest absolute Gasteiger partial charge is 0.417 e. The Morgan fingerprint density at radius 1 is 0.750 bits per heavy atom. The van der Waals surface area contributed by atoms with Gasteiger partial charge in [0.1, 0.15) is 0 Å². The van der Waals surface area contributed by atoms with E-state index in [1.165, 1.54) is 22.9 Å². The van der Waals surface area contributed by atoms with Gasteiger partial charge in [-0.3, -0.25) is 0 Å². The number of hydrogen-bond acceptors (Lipinski definition) is 2. The summed E-state index contributed by atoms with van der Waals surface area (Å²) in [5, 5.41) is 7.93. The van der Waals surface area contributed by atoms with Gasteiger partial charge in [0.15, 0.2) is 5.11 Å². The Balaban J connectivity index is 1.39. The van der Waals surface area contributed by atoms with Gasteiger partial charge < -0.3 is 10.6 Å². The summed E-state index contributed by atoms with van der Waals surface area (Å²) in [6.45, 7) is 0. The third-order valence-corrected chi connectivity index (χ3v) is 6.13. The van der Waals surface area contributed by atoms with Gasteiger partial charge in [-0.1, -0.05) is 53.7 Å². The molecule has 0 atom stereocenters. The lowest BCUT2D eigenvalue weighted by atomic mass is 10.1. The average molecular weight is 489 g/mol. The van der Waals surface area contributed by atoms with E-state index < -0.39 is 11.7 Å². The van der Waals surface area contributed by atoms with Gasteiger partial charge >= 0.3 is 6.18 Å². The molecule has 8 heteroatoms. The number of fused-ring (bicyclic) bond motifs is 1. The van der Waals surface area contributed by atoms with Gasteiger partial charge in [-0.25, -0.2) is 0 Å². The molecule has 0 bridgehead atoms. The number of hydrogen-bond donors (Lipinski definition) is 2. The van der Waals surface area contributed by atoms with Crippen molar-refractivity contribution in [3.8, 4) is 0 Å². The molecule has 4 aromatic rings. The highest BCUT2D eigenvalue weighted by Gasteiger charge is 2.33. The van der Waals surface area contributed by atoms with Gasteiger partial charge in [-0.15, -0.1) is 0 Å². The molecule has 162 valence electrons. The average Bonchev–Trinajstić information content (AvgIpc) is 2.75. The Bertz CT molecular complexity index is 1270. The number of anilines is 2. The number of halogens is 4. The molecule has 0 unspecified atom stereocenters. The summed E-state index contributed by atoms with van der Waals surface area (Å²) in [4.78, 5) is 2.18. The topological polar surface area (TPSA) is 24.1 Å². The van der Waals surface area contributed by atoms with Gasteiger partial charge in [0.25, 0.3) is 0 Å². The predicted molar refractivity (Wildman–Crippen MR) is 131 cm³/mol. The Kier molecular flexibility index (Phi) is 6.60. The van der Waals surface area contributed by atoms with Gasteiger partial charge in [0.2, 0.25) is 0 Å². The number of thiocarbonyl (C=S) groups is 1. The van der Waals surface area contributed by atoms with Crippen LogP contribution in [0.5, 0.6) is 0 Å². The number of alkyl halides is 3. The molecule has 2 nitrogen and oxygen atoms in total. The molecule has 0 aliphatic carbocycles. The standard InChI is InChI=1S/C24H16ClF3N2S2/c25-22-12-8-18(14-21(22)24(26,27)28)30-23(31)29-17-6-10-19(11-7-17)32-20-9-5-15-3-1-2-4-16(15)13-20/h1-14H,(H2,29,30,31). The van der Waals surface area contributed by atoms with Crippen LogP contribution in [0.1, 0.15) is 5.56 Å². The van der Waals surface area contributed by atoms with E-state index in [2.05, 4.69) is 41.0 Å². The monoisotopic (exact) mass is 488 g/mol. The van der Waals surface area contributed by atoms with Crippen LogP contribution in [0.2, 0.25) is 5.02 Å².